The average Bonchev–Trinajstić information content (AvgIpc) is 2.22. The summed E-state index contributed by atoms with van der Waals surface area (Å²) in [5.41, 5.74) is 1.34. The number of hydrogen-bond acceptors (Lipinski definition) is 1. The number of methoxy groups -OCH3 is 1. The molecule has 13 heavy (non-hydrogen) atoms. The molecule has 0 saturated carbocycles. The van der Waals surface area contributed by atoms with Gasteiger partial charge in [0.15, 0.2) is 0 Å². The van der Waals surface area contributed by atoms with Gasteiger partial charge < -0.3 is 4.74 Å². The Balaban J connectivity index is 0.000000671. The smallest absolute Gasteiger partial charge is 0.0583 e. The molecule has 0 aliphatic carbocycles. The maximum Gasteiger partial charge on any atom is 0.0583 e. The van der Waals surface area contributed by atoms with Gasteiger partial charge in [-0.05, 0) is 18.9 Å². The van der Waals surface area contributed by atoms with E-state index in [0.29, 0.717) is 6.10 Å². The number of benzene rings is 1. The van der Waals surface area contributed by atoms with Crippen molar-refractivity contribution in [3.8, 4) is 0 Å². The van der Waals surface area contributed by atoms with E-state index in [2.05, 4.69) is 31.2 Å². The van der Waals surface area contributed by atoms with Gasteiger partial charge >= 0.3 is 0 Å². The zero-order valence-corrected chi connectivity index (χ0v) is 9.08. The van der Waals surface area contributed by atoms with Crippen molar-refractivity contribution in [1.29, 1.82) is 0 Å². The molecule has 74 valence electrons. The highest BCUT2D eigenvalue weighted by Crippen LogP contribution is 2.03. The molecule has 1 aromatic rings. The molecule has 1 nitrogen and oxygen atoms in total. The van der Waals surface area contributed by atoms with Crippen LogP contribution in [-0.2, 0) is 11.2 Å². The van der Waals surface area contributed by atoms with Crippen LogP contribution in [0.1, 0.15) is 26.3 Å². The summed E-state index contributed by atoms with van der Waals surface area (Å²) in [6.45, 7) is 6.08. The lowest BCUT2D eigenvalue weighted by Gasteiger charge is -2.08. The van der Waals surface area contributed by atoms with E-state index in [1.165, 1.54) is 5.56 Å². The van der Waals surface area contributed by atoms with Crippen LogP contribution >= 0.6 is 0 Å². The molecule has 0 heterocycles. The normalized spacial score (nSPS) is 11.4. The fraction of sp³-hybridized carbons (Fsp3) is 0.500. The van der Waals surface area contributed by atoms with Gasteiger partial charge in [0.2, 0.25) is 0 Å². The lowest BCUT2D eigenvalue weighted by Crippen LogP contribution is -2.07. The van der Waals surface area contributed by atoms with Gasteiger partial charge in [-0.25, -0.2) is 0 Å². The molecule has 0 bridgehead atoms. The van der Waals surface area contributed by atoms with Crippen molar-refractivity contribution in [3.05, 3.63) is 35.9 Å². The highest BCUT2D eigenvalue weighted by molar-refractivity contribution is 5.15. The topological polar surface area (TPSA) is 9.23 Å². The molecule has 0 radical (unpaired) electrons. The fourth-order valence-corrected chi connectivity index (χ4v) is 1.03. The van der Waals surface area contributed by atoms with Crippen LogP contribution in [0, 0.1) is 0 Å². The first-order valence-electron chi connectivity index (χ1n) is 4.89. The third-order valence-corrected chi connectivity index (χ3v) is 1.77. The van der Waals surface area contributed by atoms with Crippen LogP contribution in [0.15, 0.2) is 30.3 Å². The van der Waals surface area contributed by atoms with Crippen LogP contribution in [0.4, 0.5) is 0 Å². The largest absolute Gasteiger partial charge is 0.381 e. The number of rotatable bonds is 3. The van der Waals surface area contributed by atoms with E-state index in [9.17, 15) is 0 Å². The Kier molecular flexibility index (Phi) is 7.32. The molecule has 0 aromatic heterocycles. The Bertz CT molecular complexity index is 194. The molecule has 0 saturated heterocycles. The van der Waals surface area contributed by atoms with Gasteiger partial charge in [0.1, 0.15) is 0 Å². The highest BCUT2D eigenvalue weighted by Gasteiger charge is 1.99. The van der Waals surface area contributed by atoms with Crippen LogP contribution < -0.4 is 0 Å². The predicted molar refractivity (Wildman–Crippen MR) is 58.0 cm³/mol. The summed E-state index contributed by atoms with van der Waals surface area (Å²) < 4.78 is 5.15. The van der Waals surface area contributed by atoms with Crippen molar-refractivity contribution >= 4 is 0 Å². The molecule has 0 aliphatic rings. The molecule has 0 fully saturated rings. The quantitative estimate of drug-likeness (QED) is 0.693. The van der Waals surface area contributed by atoms with Crippen molar-refractivity contribution in [1.82, 2.24) is 0 Å². The Hall–Kier alpha value is -0.820. The average molecular weight is 180 g/mol. The van der Waals surface area contributed by atoms with Crippen LogP contribution in [0.25, 0.3) is 0 Å². The maximum absolute atomic E-state index is 5.15. The van der Waals surface area contributed by atoms with E-state index in [1.807, 2.05) is 19.9 Å². The summed E-state index contributed by atoms with van der Waals surface area (Å²) in [5.74, 6) is 0. The van der Waals surface area contributed by atoms with Gasteiger partial charge in [0, 0.05) is 7.11 Å². The summed E-state index contributed by atoms with van der Waals surface area (Å²) in [6.07, 6.45) is 1.31. The van der Waals surface area contributed by atoms with Crippen LogP contribution in [-0.4, -0.2) is 13.2 Å². The molecule has 1 unspecified atom stereocenters. The van der Waals surface area contributed by atoms with Crippen LogP contribution in [0.5, 0.6) is 0 Å². The molecule has 0 spiro atoms. The van der Waals surface area contributed by atoms with Crippen molar-refractivity contribution in [3.63, 3.8) is 0 Å². The molecule has 1 rings (SSSR count). The van der Waals surface area contributed by atoms with E-state index in [0.717, 1.165) is 6.42 Å². The molecular formula is C12H20O. The first-order chi connectivity index (χ1) is 6.33. The van der Waals surface area contributed by atoms with E-state index in [-0.39, 0.29) is 0 Å². The number of hydrogen-bond donors (Lipinski definition) is 0. The Morgan fingerprint density at radius 3 is 2.15 bits per heavy atom. The summed E-state index contributed by atoms with van der Waals surface area (Å²) in [4.78, 5) is 0. The molecule has 1 atom stereocenters. The monoisotopic (exact) mass is 180 g/mol. The summed E-state index contributed by atoms with van der Waals surface area (Å²) in [6, 6.07) is 10.4. The van der Waals surface area contributed by atoms with Crippen molar-refractivity contribution in [2.75, 3.05) is 7.11 Å². The van der Waals surface area contributed by atoms with Gasteiger partial charge in [0.25, 0.3) is 0 Å². The van der Waals surface area contributed by atoms with Gasteiger partial charge in [-0.1, -0.05) is 44.2 Å². The van der Waals surface area contributed by atoms with Gasteiger partial charge in [-0.3, -0.25) is 0 Å². The fourth-order valence-electron chi connectivity index (χ4n) is 1.03. The minimum atomic E-state index is 0.317. The van der Waals surface area contributed by atoms with E-state index < -0.39 is 0 Å². The predicted octanol–water partition coefficient (Wildman–Crippen LogP) is 3.29. The minimum Gasteiger partial charge on any atom is -0.381 e. The summed E-state index contributed by atoms with van der Waals surface area (Å²) >= 11 is 0. The second kappa shape index (κ2) is 7.81. The zero-order chi connectivity index (χ0) is 10.1. The second-order valence-electron chi connectivity index (χ2n) is 2.74. The third-order valence-electron chi connectivity index (χ3n) is 1.77. The SMILES string of the molecule is CC.COC(C)Cc1ccccc1. The van der Waals surface area contributed by atoms with E-state index >= 15 is 0 Å². The highest BCUT2D eigenvalue weighted by atomic mass is 16.5. The van der Waals surface area contributed by atoms with Crippen LogP contribution in [0.2, 0.25) is 0 Å². The summed E-state index contributed by atoms with van der Waals surface area (Å²) in [5, 5.41) is 0. The molecular weight excluding hydrogens is 160 g/mol. The zero-order valence-electron chi connectivity index (χ0n) is 9.08. The Labute approximate surface area is 81.7 Å². The van der Waals surface area contributed by atoms with E-state index in [4.69, 9.17) is 4.74 Å². The molecule has 0 amide bonds. The minimum absolute atomic E-state index is 0.317. The van der Waals surface area contributed by atoms with Crippen molar-refractivity contribution in [2.45, 2.75) is 33.3 Å². The Morgan fingerprint density at radius 2 is 1.69 bits per heavy atom. The maximum atomic E-state index is 5.15. The van der Waals surface area contributed by atoms with Gasteiger partial charge in [-0.15, -0.1) is 0 Å². The van der Waals surface area contributed by atoms with Crippen molar-refractivity contribution in [2.24, 2.45) is 0 Å². The lowest BCUT2D eigenvalue weighted by molar-refractivity contribution is 0.119. The summed E-state index contributed by atoms with van der Waals surface area (Å²) in [7, 11) is 1.74. The molecule has 1 aromatic carbocycles. The van der Waals surface area contributed by atoms with Crippen molar-refractivity contribution < 1.29 is 4.74 Å². The number of ether oxygens (including phenoxy) is 1. The first kappa shape index (κ1) is 12.2. The third kappa shape index (κ3) is 5.42. The molecule has 1 heteroatoms. The standard InChI is InChI=1S/C10H14O.C2H6/c1-9(11-2)8-10-6-4-3-5-7-10;1-2/h3-7,9H,8H2,1-2H3;1-2H3. The van der Waals surface area contributed by atoms with Crippen LogP contribution in [0.3, 0.4) is 0 Å². The molecule has 0 aliphatic heterocycles. The Morgan fingerprint density at radius 1 is 1.15 bits per heavy atom. The lowest BCUT2D eigenvalue weighted by atomic mass is 10.1. The van der Waals surface area contributed by atoms with Gasteiger partial charge in [-0.2, -0.15) is 0 Å². The van der Waals surface area contributed by atoms with Gasteiger partial charge in [0.05, 0.1) is 6.10 Å². The molecule has 0 N–H and O–H groups in total. The van der Waals surface area contributed by atoms with E-state index in [1.54, 1.807) is 7.11 Å². The second-order valence-corrected chi connectivity index (χ2v) is 2.74. The first-order valence-corrected chi connectivity index (χ1v) is 4.89.